The van der Waals surface area contributed by atoms with Gasteiger partial charge in [-0.1, -0.05) is 11.6 Å². The van der Waals surface area contributed by atoms with Crippen molar-refractivity contribution in [2.24, 2.45) is 0 Å². The molecule has 0 radical (unpaired) electrons. The fourth-order valence-corrected chi connectivity index (χ4v) is 3.13. The molecule has 0 saturated carbocycles. The molecule has 1 saturated heterocycles. The summed E-state index contributed by atoms with van der Waals surface area (Å²) in [6.07, 6.45) is 3.40. The summed E-state index contributed by atoms with van der Waals surface area (Å²) in [6.45, 7) is 5.14. The Morgan fingerprint density at radius 1 is 1.21 bits per heavy atom. The molecule has 3 rings (SSSR count). The Morgan fingerprint density at radius 3 is 2.79 bits per heavy atom. The van der Waals surface area contributed by atoms with Crippen LogP contribution in [0, 0.1) is 0 Å². The third-order valence-electron chi connectivity index (χ3n) is 4.22. The van der Waals surface area contributed by atoms with Crippen molar-refractivity contribution < 1.29 is 14.3 Å². The van der Waals surface area contributed by atoms with Gasteiger partial charge in [0.2, 0.25) is 11.6 Å². The second-order valence-corrected chi connectivity index (χ2v) is 6.21. The fraction of sp³-hybridized carbons (Fsp3) is 0.471. The molecule has 0 aromatic carbocycles. The van der Waals surface area contributed by atoms with E-state index in [1.54, 1.807) is 12.1 Å². The van der Waals surface area contributed by atoms with Crippen LogP contribution in [0.5, 0.6) is 0 Å². The van der Waals surface area contributed by atoms with Crippen LogP contribution in [0.3, 0.4) is 0 Å². The number of halogens is 1. The van der Waals surface area contributed by atoms with Crippen molar-refractivity contribution in [3.8, 4) is 0 Å². The lowest BCUT2D eigenvalue weighted by atomic mass is 9.97. The maximum Gasteiger partial charge on any atom is 0.229 e. The number of aromatic nitrogens is 1. The van der Waals surface area contributed by atoms with Gasteiger partial charge in [-0.3, -0.25) is 19.5 Å². The number of hydrogen-bond acceptors (Lipinski definition) is 6. The number of carbonyl (C=O) groups is 2. The summed E-state index contributed by atoms with van der Waals surface area (Å²) in [5, 5.41) is 2.98. The van der Waals surface area contributed by atoms with E-state index < -0.39 is 0 Å². The van der Waals surface area contributed by atoms with E-state index in [0.29, 0.717) is 6.54 Å². The zero-order valence-corrected chi connectivity index (χ0v) is 14.1. The zero-order valence-electron chi connectivity index (χ0n) is 13.4. The van der Waals surface area contributed by atoms with Gasteiger partial charge < -0.3 is 10.1 Å². The molecule has 1 aliphatic carbocycles. The van der Waals surface area contributed by atoms with Gasteiger partial charge in [0.15, 0.2) is 0 Å². The molecule has 0 bridgehead atoms. The van der Waals surface area contributed by atoms with Gasteiger partial charge in [0, 0.05) is 25.8 Å². The van der Waals surface area contributed by atoms with Crippen LogP contribution in [-0.2, 0) is 4.74 Å². The molecular weight excluding hydrogens is 330 g/mol. The summed E-state index contributed by atoms with van der Waals surface area (Å²) in [5.41, 5.74) is 0.604. The maximum atomic E-state index is 12.4. The number of hydrogen-bond donors (Lipinski definition) is 1. The highest BCUT2D eigenvalue weighted by Crippen LogP contribution is 2.25. The van der Waals surface area contributed by atoms with Gasteiger partial charge in [-0.25, -0.2) is 0 Å². The second-order valence-electron chi connectivity index (χ2n) is 5.83. The summed E-state index contributed by atoms with van der Waals surface area (Å²) < 4.78 is 5.32. The van der Waals surface area contributed by atoms with Crippen molar-refractivity contribution in [1.29, 1.82) is 0 Å². The summed E-state index contributed by atoms with van der Waals surface area (Å²) in [4.78, 5) is 31.1. The third-order valence-corrected chi connectivity index (χ3v) is 4.58. The average molecular weight is 350 g/mol. The number of fused-ring (bicyclic) bond motifs is 1. The van der Waals surface area contributed by atoms with Crippen molar-refractivity contribution >= 4 is 23.2 Å². The van der Waals surface area contributed by atoms with E-state index in [1.165, 1.54) is 6.20 Å². The van der Waals surface area contributed by atoms with Crippen LogP contribution in [0.4, 0.5) is 0 Å². The molecule has 6 nitrogen and oxygen atoms in total. The second kappa shape index (κ2) is 7.88. The van der Waals surface area contributed by atoms with Gasteiger partial charge in [-0.05, 0) is 31.5 Å². The molecule has 0 spiro atoms. The molecule has 1 aromatic heterocycles. The number of allylic oxidation sites excluding steroid dienone is 2. The minimum Gasteiger partial charge on any atom is -0.380 e. The highest BCUT2D eigenvalue weighted by Gasteiger charge is 2.32. The Balaban J connectivity index is 1.52. The number of nitrogens with one attached hydrogen (secondary N) is 1. The Bertz CT molecular complexity index is 669. The summed E-state index contributed by atoms with van der Waals surface area (Å²) in [5.74, 6) is -0.668. The van der Waals surface area contributed by atoms with Crippen LogP contribution in [-0.4, -0.2) is 60.8 Å². The SMILES string of the molecule is O=C1C(Cl)=C(NCCCCN2CCOCC2)C(=O)c2ncccc21. The number of unbranched alkanes of at least 4 members (excludes halogenated alkanes) is 1. The highest BCUT2D eigenvalue weighted by atomic mass is 35.5. The number of Topliss-reactive ketones (excluding diaryl/α,β-unsaturated/α-hetero) is 2. The first-order valence-electron chi connectivity index (χ1n) is 8.16. The van der Waals surface area contributed by atoms with Crippen LogP contribution in [0.15, 0.2) is 29.1 Å². The highest BCUT2D eigenvalue weighted by molar-refractivity contribution is 6.49. The number of carbonyl (C=O) groups excluding carboxylic acids is 2. The summed E-state index contributed by atoms with van der Waals surface area (Å²) >= 11 is 6.09. The monoisotopic (exact) mass is 349 g/mol. The number of morpholine rings is 1. The van der Waals surface area contributed by atoms with Crippen LogP contribution in [0.25, 0.3) is 0 Å². The van der Waals surface area contributed by atoms with E-state index in [2.05, 4.69) is 15.2 Å². The van der Waals surface area contributed by atoms with Crippen LogP contribution >= 0.6 is 11.6 Å². The third kappa shape index (κ3) is 3.66. The van der Waals surface area contributed by atoms with E-state index in [1.807, 2.05) is 0 Å². The first kappa shape index (κ1) is 17.1. The molecular formula is C17H20ClN3O3. The van der Waals surface area contributed by atoms with Gasteiger partial charge in [-0.2, -0.15) is 0 Å². The molecule has 0 unspecified atom stereocenters. The van der Waals surface area contributed by atoms with Crippen molar-refractivity contribution in [2.45, 2.75) is 12.8 Å². The molecule has 1 aliphatic heterocycles. The predicted molar refractivity (Wildman–Crippen MR) is 90.3 cm³/mol. The Labute approximate surface area is 145 Å². The average Bonchev–Trinajstić information content (AvgIpc) is 2.63. The molecule has 1 fully saturated rings. The van der Waals surface area contributed by atoms with E-state index in [9.17, 15) is 9.59 Å². The Kier molecular flexibility index (Phi) is 5.60. The van der Waals surface area contributed by atoms with Gasteiger partial charge >= 0.3 is 0 Å². The molecule has 128 valence electrons. The molecule has 7 heteroatoms. The normalized spacial score (nSPS) is 18.7. The number of ether oxygens (including phenoxy) is 1. The standard InChI is InChI=1S/C17H20ClN3O3/c18-13-15(17(23)14-12(16(13)22)4-3-6-19-14)20-5-1-2-7-21-8-10-24-11-9-21/h3-4,6,20H,1-2,5,7-11H2. The minimum atomic E-state index is -0.352. The maximum absolute atomic E-state index is 12.4. The Morgan fingerprint density at radius 2 is 2.00 bits per heavy atom. The van der Waals surface area contributed by atoms with Crippen molar-refractivity contribution in [2.75, 3.05) is 39.4 Å². The lowest BCUT2D eigenvalue weighted by Gasteiger charge is -2.26. The minimum absolute atomic E-state index is 0.0475. The van der Waals surface area contributed by atoms with Gasteiger partial charge in [0.1, 0.15) is 16.4 Å². The number of nitrogens with zero attached hydrogens (tertiary/aromatic N) is 2. The van der Waals surface area contributed by atoms with E-state index >= 15 is 0 Å². The van der Waals surface area contributed by atoms with E-state index in [-0.39, 0.29) is 33.6 Å². The molecule has 0 amide bonds. The molecule has 1 N–H and O–H groups in total. The van der Waals surface area contributed by atoms with Crippen molar-refractivity contribution in [3.05, 3.63) is 40.3 Å². The molecule has 24 heavy (non-hydrogen) atoms. The summed E-state index contributed by atoms with van der Waals surface area (Å²) in [7, 11) is 0. The predicted octanol–water partition coefficient (Wildman–Crippen LogP) is 1.61. The number of ketones is 2. The zero-order chi connectivity index (χ0) is 16.9. The molecule has 2 aliphatic rings. The fourth-order valence-electron chi connectivity index (χ4n) is 2.88. The number of pyridine rings is 1. The summed E-state index contributed by atoms with van der Waals surface area (Å²) in [6, 6.07) is 3.20. The smallest absolute Gasteiger partial charge is 0.229 e. The topological polar surface area (TPSA) is 71.5 Å². The first-order valence-corrected chi connectivity index (χ1v) is 8.54. The molecule has 1 aromatic rings. The van der Waals surface area contributed by atoms with E-state index in [4.69, 9.17) is 16.3 Å². The Hall–Kier alpha value is -1.76. The van der Waals surface area contributed by atoms with Crippen LogP contribution in [0.1, 0.15) is 33.7 Å². The quantitative estimate of drug-likeness (QED) is 0.787. The van der Waals surface area contributed by atoms with Crippen molar-refractivity contribution in [1.82, 2.24) is 15.2 Å². The van der Waals surface area contributed by atoms with Gasteiger partial charge in [0.25, 0.3) is 0 Å². The lowest BCUT2D eigenvalue weighted by molar-refractivity contribution is 0.0372. The van der Waals surface area contributed by atoms with Crippen molar-refractivity contribution in [3.63, 3.8) is 0 Å². The van der Waals surface area contributed by atoms with E-state index in [0.717, 1.165) is 45.7 Å². The first-order chi connectivity index (χ1) is 11.7. The molecule has 2 heterocycles. The van der Waals surface area contributed by atoms with Crippen LogP contribution < -0.4 is 5.32 Å². The lowest BCUT2D eigenvalue weighted by Crippen LogP contribution is -2.37. The van der Waals surface area contributed by atoms with Gasteiger partial charge in [-0.15, -0.1) is 0 Å². The molecule has 0 atom stereocenters. The largest absolute Gasteiger partial charge is 0.380 e. The van der Waals surface area contributed by atoms with Gasteiger partial charge in [0.05, 0.1) is 18.8 Å². The van der Waals surface area contributed by atoms with Crippen LogP contribution in [0.2, 0.25) is 0 Å². The number of rotatable bonds is 6.